The average molecular weight is 251 g/mol. The Morgan fingerprint density at radius 1 is 0.947 bits per heavy atom. The third-order valence-electron chi connectivity index (χ3n) is 4.07. The molecule has 1 atom stereocenters. The van der Waals surface area contributed by atoms with Gasteiger partial charge in [0.05, 0.1) is 0 Å². The number of anilines is 1. The van der Waals surface area contributed by atoms with Gasteiger partial charge in [-0.1, -0.05) is 48.5 Å². The number of rotatable bonds is 4. The first kappa shape index (κ1) is 12.3. The maximum Gasteiger partial charge on any atom is 0.0375 e. The maximum absolute atomic E-state index is 3.50. The fraction of sp³-hybridized carbons (Fsp3) is 0.333. The van der Waals surface area contributed by atoms with E-state index in [0.717, 1.165) is 12.5 Å². The highest BCUT2D eigenvalue weighted by atomic mass is 14.9. The molecule has 0 bridgehead atoms. The Bertz CT molecular complexity index is 518. The Labute approximate surface area is 115 Å². The highest BCUT2D eigenvalue weighted by Crippen LogP contribution is 2.34. The topological polar surface area (TPSA) is 12.0 Å². The maximum atomic E-state index is 3.50. The first-order valence-corrected chi connectivity index (χ1v) is 7.30. The summed E-state index contributed by atoms with van der Waals surface area (Å²) in [7, 11) is 0. The van der Waals surface area contributed by atoms with Crippen LogP contribution in [0.5, 0.6) is 0 Å². The van der Waals surface area contributed by atoms with Crippen molar-refractivity contribution in [3.05, 3.63) is 65.7 Å². The lowest BCUT2D eigenvalue weighted by Gasteiger charge is -2.26. The van der Waals surface area contributed by atoms with Gasteiger partial charge in [-0.3, -0.25) is 0 Å². The molecule has 1 aliphatic rings. The van der Waals surface area contributed by atoms with Crippen molar-refractivity contribution in [3.63, 3.8) is 0 Å². The van der Waals surface area contributed by atoms with Gasteiger partial charge in [0.1, 0.15) is 0 Å². The van der Waals surface area contributed by atoms with Gasteiger partial charge in [0, 0.05) is 12.2 Å². The molecular weight excluding hydrogens is 230 g/mol. The average Bonchev–Trinajstić information content (AvgIpc) is 2.49. The minimum absolute atomic E-state index is 0.737. The van der Waals surface area contributed by atoms with Crippen LogP contribution in [0.1, 0.15) is 36.3 Å². The van der Waals surface area contributed by atoms with Crippen LogP contribution in [0.2, 0.25) is 0 Å². The summed E-state index contributed by atoms with van der Waals surface area (Å²) < 4.78 is 0. The van der Waals surface area contributed by atoms with E-state index in [1.807, 2.05) is 0 Å². The Kier molecular flexibility index (Phi) is 3.83. The van der Waals surface area contributed by atoms with E-state index in [0.29, 0.717) is 0 Å². The minimum atomic E-state index is 0.737. The lowest BCUT2D eigenvalue weighted by atomic mass is 9.86. The van der Waals surface area contributed by atoms with E-state index in [9.17, 15) is 0 Å². The van der Waals surface area contributed by atoms with Crippen molar-refractivity contribution in [1.29, 1.82) is 0 Å². The summed E-state index contributed by atoms with van der Waals surface area (Å²) in [6, 6.07) is 19.6. The van der Waals surface area contributed by atoms with Gasteiger partial charge in [-0.15, -0.1) is 0 Å². The van der Waals surface area contributed by atoms with E-state index in [2.05, 4.69) is 59.9 Å². The van der Waals surface area contributed by atoms with Crippen LogP contribution in [0.4, 0.5) is 5.69 Å². The molecule has 1 heterocycles. The second-order valence-electron chi connectivity index (χ2n) is 5.38. The summed E-state index contributed by atoms with van der Waals surface area (Å²) in [4.78, 5) is 0. The number of hydrogen-bond donors (Lipinski definition) is 1. The van der Waals surface area contributed by atoms with E-state index in [4.69, 9.17) is 0 Å². The largest absolute Gasteiger partial charge is 0.385 e. The van der Waals surface area contributed by atoms with Gasteiger partial charge >= 0.3 is 0 Å². The van der Waals surface area contributed by atoms with Crippen molar-refractivity contribution in [2.24, 2.45) is 0 Å². The van der Waals surface area contributed by atoms with Crippen LogP contribution in [-0.2, 0) is 6.42 Å². The van der Waals surface area contributed by atoms with Crippen LogP contribution < -0.4 is 5.32 Å². The van der Waals surface area contributed by atoms with Crippen molar-refractivity contribution < 1.29 is 0 Å². The molecule has 0 spiro atoms. The molecule has 0 saturated carbocycles. The van der Waals surface area contributed by atoms with Crippen LogP contribution in [0.3, 0.4) is 0 Å². The van der Waals surface area contributed by atoms with E-state index in [-0.39, 0.29) is 0 Å². The molecule has 1 N–H and O–H groups in total. The molecule has 19 heavy (non-hydrogen) atoms. The smallest absolute Gasteiger partial charge is 0.0375 e. The minimum Gasteiger partial charge on any atom is -0.385 e. The monoisotopic (exact) mass is 251 g/mol. The number of aryl methyl sites for hydroxylation is 1. The molecule has 0 amide bonds. The van der Waals surface area contributed by atoms with Crippen LogP contribution >= 0.6 is 0 Å². The second-order valence-corrected chi connectivity index (χ2v) is 5.38. The molecule has 0 aromatic heterocycles. The van der Waals surface area contributed by atoms with Gasteiger partial charge in [-0.25, -0.2) is 0 Å². The lowest BCUT2D eigenvalue weighted by molar-refractivity contribution is 0.554. The van der Waals surface area contributed by atoms with E-state index >= 15 is 0 Å². The molecule has 0 aliphatic carbocycles. The first-order valence-electron chi connectivity index (χ1n) is 7.30. The molecule has 0 radical (unpaired) electrons. The van der Waals surface area contributed by atoms with Crippen molar-refractivity contribution in [2.75, 3.05) is 11.9 Å². The lowest BCUT2D eigenvalue weighted by Crippen LogP contribution is -2.16. The third kappa shape index (κ3) is 2.98. The Hall–Kier alpha value is -1.76. The van der Waals surface area contributed by atoms with Gasteiger partial charge in [0.15, 0.2) is 0 Å². The summed E-state index contributed by atoms with van der Waals surface area (Å²) in [6.45, 7) is 1.12. The zero-order valence-electron chi connectivity index (χ0n) is 11.3. The van der Waals surface area contributed by atoms with Gasteiger partial charge in [-0.05, 0) is 48.8 Å². The van der Waals surface area contributed by atoms with Crippen LogP contribution in [0, 0.1) is 0 Å². The molecule has 1 aliphatic heterocycles. The van der Waals surface area contributed by atoms with Crippen LogP contribution in [0.25, 0.3) is 0 Å². The normalized spacial score (nSPS) is 17.6. The molecule has 1 nitrogen and oxygen atoms in total. The Balaban J connectivity index is 1.59. The summed E-state index contributed by atoms with van der Waals surface area (Å²) in [6.07, 6.45) is 5.05. The molecule has 1 heteroatoms. The molecule has 0 fully saturated rings. The predicted molar refractivity (Wildman–Crippen MR) is 81.7 cm³/mol. The highest BCUT2D eigenvalue weighted by Gasteiger charge is 2.18. The fourth-order valence-corrected chi connectivity index (χ4v) is 3.05. The van der Waals surface area contributed by atoms with E-state index < -0.39 is 0 Å². The summed E-state index contributed by atoms with van der Waals surface area (Å²) in [5.41, 5.74) is 4.32. The van der Waals surface area contributed by atoms with Crippen molar-refractivity contribution in [3.8, 4) is 0 Å². The molecule has 2 aromatic carbocycles. The van der Waals surface area contributed by atoms with Crippen molar-refractivity contribution in [2.45, 2.75) is 31.6 Å². The highest BCUT2D eigenvalue weighted by molar-refractivity contribution is 5.54. The zero-order chi connectivity index (χ0) is 12.9. The number of fused-ring (bicyclic) bond motifs is 1. The molecular formula is C18H21N. The Morgan fingerprint density at radius 2 is 1.74 bits per heavy atom. The van der Waals surface area contributed by atoms with Gasteiger partial charge in [0.2, 0.25) is 0 Å². The molecule has 98 valence electrons. The number of hydrogen-bond acceptors (Lipinski definition) is 1. The van der Waals surface area contributed by atoms with Gasteiger partial charge < -0.3 is 5.32 Å². The number of benzene rings is 2. The SMILES string of the molecule is c1ccc(CCCC2CCNc3ccccc32)cc1. The first-order chi connectivity index (χ1) is 9.43. The quantitative estimate of drug-likeness (QED) is 0.836. The summed E-state index contributed by atoms with van der Waals surface area (Å²) in [5.74, 6) is 0.737. The predicted octanol–water partition coefficient (Wildman–Crippen LogP) is 4.61. The number of nitrogens with one attached hydrogen (secondary N) is 1. The van der Waals surface area contributed by atoms with Crippen LogP contribution in [-0.4, -0.2) is 6.54 Å². The fourth-order valence-electron chi connectivity index (χ4n) is 3.05. The van der Waals surface area contributed by atoms with E-state index in [1.165, 1.54) is 42.5 Å². The van der Waals surface area contributed by atoms with Crippen molar-refractivity contribution >= 4 is 5.69 Å². The second kappa shape index (κ2) is 5.92. The molecule has 0 saturated heterocycles. The van der Waals surface area contributed by atoms with Crippen molar-refractivity contribution in [1.82, 2.24) is 0 Å². The summed E-state index contributed by atoms with van der Waals surface area (Å²) in [5, 5.41) is 3.50. The van der Waals surface area contributed by atoms with Gasteiger partial charge in [0.25, 0.3) is 0 Å². The summed E-state index contributed by atoms with van der Waals surface area (Å²) >= 11 is 0. The van der Waals surface area contributed by atoms with E-state index in [1.54, 1.807) is 0 Å². The third-order valence-corrected chi connectivity index (χ3v) is 4.07. The Morgan fingerprint density at radius 3 is 2.63 bits per heavy atom. The van der Waals surface area contributed by atoms with Gasteiger partial charge in [-0.2, -0.15) is 0 Å². The van der Waals surface area contributed by atoms with Crippen LogP contribution in [0.15, 0.2) is 54.6 Å². The standard InChI is InChI=1S/C18H21N/c1-2-7-15(8-3-1)9-6-10-16-13-14-19-18-12-5-4-11-17(16)18/h1-5,7-8,11-12,16,19H,6,9-10,13-14H2. The number of para-hydroxylation sites is 1. The zero-order valence-corrected chi connectivity index (χ0v) is 11.3. The molecule has 3 rings (SSSR count). The molecule has 2 aromatic rings. The molecule has 1 unspecified atom stereocenters.